The number of rotatable bonds is 9. The Morgan fingerprint density at radius 1 is 0.931 bits per heavy atom. The Labute approximate surface area is 180 Å². The van der Waals surface area contributed by atoms with Gasteiger partial charge < -0.3 is 4.74 Å². The van der Waals surface area contributed by atoms with Crippen molar-refractivity contribution in [1.82, 2.24) is 9.03 Å². The molecular weight excluding hydrogens is 480 g/mol. The van der Waals surface area contributed by atoms with Gasteiger partial charge in [0.2, 0.25) is 20.0 Å². The summed E-state index contributed by atoms with van der Waals surface area (Å²) >= 11 is 3.31. The van der Waals surface area contributed by atoms with E-state index in [0.717, 1.165) is 17.3 Å². The Bertz CT molecular complexity index is 1020. The predicted molar refractivity (Wildman–Crippen MR) is 115 cm³/mol. The lowest BCUT2D eigenvalue weighted by Crippen LogP contribution is -2.29. The second-order valence-corrected chi connectivity index (χ2v) is 11.4. The highest BCUT2D eigenvalue weighted by Crippen LogP contribution is 2.22. The number of sulfonamides is 2. The molecule has 7 nitrogen and oxygen atoms in total. The molecule has 29 heavy (non-hydrogen) atoms. The van der Waals surface area contributed by atoms with Crippen LogP contribution >= 0.6 is 15.9 Å². The molecule has 2 aromatic rings. The maximum Gasteiger partial charge on any atom is 0.243 e. The van der Waals surface area contributed by atoms with Crippen LogP contribution < -0.4 is 9.46 Å². The van der Waals surface area contributed by atoms with Crippen LogP contribution in [-0.2, 0) is 25.8 Å². The summed E-state index contributed by atoms with van der Waals surface area (Å²) in [6, 6.07) is 13.3. The molecule has 1 heterocycles. The van der Waals surface area contributed by atoms with Gasteiger partial charge in [0, 0.05) is 24.1 Å². The van der Waals surface area contributed by atoms with Crippen LogP contribution in [0.2, 0.25) is 0 Å². The van der Waals surface area contributed by atoms with Crippen LogP contribution in [0.3, 0.4) is 0 Å². The predicted octanol–water partition coefficient (Wildman–Crippen LogP) is 2.73. The molecule has 0 aromatic heterocycles. The fourth-order valence-electron chi connectivity index (χ4n) is 3.00. The summed E-state index contributed by atoms with van der Waals surface area (Å²) in [5.74, 6) is 0.376. The Morgan fingerprint density at radius 3 is 2.17 bits per heavy atom. The van der Waals surface area contributed by atoms with Crippen molar-refractivity contribution in [2.45, 2.75) is 23.5 Å². The van der Waals surface area contributed by atoms with Gasteiger partial charge in [0.25, 0.3) is 0 Å². The Hall–Kier alpha value is -1.46. The summed E-state index contributed by atoms with van der Waals surface area (Å²) in [7, 11) is -6.92. The minimum Gasteiger partial charge on any atom is -0.492 e. The van der Waals surface area contributed by atoms with E-state index in [1.165, 1.54) is 16.4 Å². The Balaban J connectivity index is 1.47. The first kappa shape index (κ1) is 22.2. The third-order valence-corrected chi connectivity index (χ3v) is 8.29. The molecule has 1 saturated heterocycles. The molecule has 0 bridgehead atoms. The van der Waals surface area contributed by atoms with Gasteiger partial charge in [-0.25, -0.2) is 21.6 Å². The average molecular weight is 503 g/mol. The summed E-state index contributed by atoms with van der Waals surface area (Å²) in [6.07, 6.45) is 1.77. The fourth-order valence-corrected chi connectivity index (χ4v) is 5.91. The van der Waals surface area contributed by atoms with Crippen LogP contribution in [0.5, 0.6) is 5.75 Å². The first-order valence-electron chi connectivity index (χ1n) is 9.21. The maximum atomic E-state index is 12.5. The maximum absolute atomic E-state index is 12.5. The third kappa shape index (κ3) is 6.26. The zero-order valence-electron chi connectivity index (χ0n) is 15.8. The van der Waals surface area contributed by atoms with E-state index in [1.807, 2.05) is 0 Å². The summed E-state index contributed by atoms with van der Waals surface area (Å²) in [5.41, 5.74) is 0.691. The van der Waals surface area contributed by atoms with Crippen molar-refractivity contribution in [2.75, 3.05) is 26.2 Å². The molecule has 1 aliphatic heterocycles. The highest BCUT2D eigenvalue weighted by molar-refractivity contribution is 9.10. The van der Waals surface area contributed by atoms with Crippen LogP contribution in [0.1, 0.15) is 18.4 Å². The summed E-state index contributed by atoms with van der Waals surface area (Å²) in [4.78, 5) is 0.238. The lowest BCUT2D eigenvalue weighted by molar-refractivity contribution is 0.322. The molecule has 0 spiro atoms. The number of hydrogen-bond donors (Lipinski definition) is 1. The topological polar surface area (TPSA) is 92.8 Å². The fraction of sp³-hybridized carbons (Fsp3) is 0.368. The van der Waals surface area contributed by atoms with Crippen LogP contribution in [0.15, 0.2) is 57.9 Å². The molecule has 0 radical (unpaired) electrons. The van der Waals surface area contributed by atoms with Gasteiger partial charge in [-0.2, -0.15) is 4.31 Å². The van der Waals surface area contributed by atoms with E-state index in [4.69, 9.17) is 4.74 Å². The number of ether oxygens (including phenoxy) is 1. The monoisotopic (exact) mass is 502 g/mol. The number of halogens is 1. The Kier molecular flexibility index (Phi) is 7.33. The molecule has 0 saturated carbocycles. The molecule has 158 valence electrons. The highest BCUT2D eigenvalue weighted by atomic mass is 79.9. The molecule has 2 aromatic carbocycles. The standard InChI is InChI=1S/C19H23BrN2O5S2/c20-17-5-3-16(4-6-17)15-28(23,24)21-11-14-27-18-7-9-19(10-8-18)29(25,26)22-12-1-2-13-22/h3-10,21H,1-2,11-15H2. The minimum absolute atomic E-state index is 0.108. The SMILES string of the molecule is O=S(=O)(Cc1ccc(Br)cc1)NCCOc1ccc(S(=O)(=O)N2CCCC2)cc1. The molecule has 10 heteroatoms. The van der Waals surface area contributed by atoms with Gasteiger partial charge in [-0.15, -0.1) is 0 Å². The lowest BCUT2D eigenvalue weighted by atomic mass is 10.2. The van der Waals surface area contributed by atoms with E-state index >= 15 is 0 Å². The zero-order valence-corrected chi connectivity index (χ0v) is 19.0. The molecule has 1 fully saturated rings. The number of nitrogens with zero attached hydrogens (tertiary/aromatic N) is 1. The van der Waals surface area contributed by atoms with Gasteiger partial charge in [0.1, 0.15) is 12.4 Å². The summed E-state index contributed by atoms with van der Waals surface area (Å²) in [6.45, 7) is 1.37. The van der Waals surface area contributed by atoms with E-state index in [1.54, 1.807) is 36.4 Å². The lowest BCUT2D eigenvalue weighted by Gasteiger charge is -2.15. The van der Waals surface area contributed by atoms with Gasteiger partial charge >= 0.3 is 0 Å². The van der Waals surface area contributed by atoms with Gasteiger partial charge in [0.05, 0.1) is 10.6 Å². The van der Waals surface area contributed by atoms with Crippen molar-refractivity contribution in [3.05, 3.63) is 58.6 Å². The van der Waals surface area contributed by atoms with Crippen molar-refractivity contribution >= 4 is 36.0 Å². The smallest absolute Gasteiger partial charge is 0.243 e. The first-order chi connectivity index (χ1) is 13.8. The van der Waals surface area contributed by atoms with E-state index in [2.05, 4.69) is 20.7 Å². The van der Waals surface area contributed by atoms with Gasteiger partial charge in [-0.3, -0.25) is 0 Å². The molecule has 0 atom stereocenters. The van der Waals surface area contributed by atoms with Crippen molar-refractivity contribution in [1.29, 1.82) is 0 Å². The van der Waals surface area contributed by atoms with Crippen LogP contribution in [0, 0.1) is 0 Å². The largest absolute Gasteiger partial charge is 0.492 e. The second kappa shape index (κ2) is 9.57. The number of hydrogen-bond acceptors (Lipinski definition) is 5. The van der Waals surface area contributed by atoms with E-state index < -0.39 is 20.0 Å². The average Bonchev–Trinajstić information content (AvgIpc) is 3.23. The molecule has 1 aliphatic rings. The summed E-state index contributed by atoms with van der Waals surface area (Å²) < 4.78 is 59.6. The molecule has 0 unspecified atom stereocenters. The normalized spacial score (nSPS) is 15.5. The van der Waals surface area contributed by atoms with Gasteiger partial charge in [0.15, 0.2) is 0 Å². The van der Waals surface area contributed by atoms with Crippen LogP contribution in [-0.4, -0.2) is 47.4 Å². The number of benzene rings is 2. The zero-order chi connectivity index (χ0) is 20.9. The highest BCUT2D eigenvalue weighted by Gasteiger charge is 2.26. The molecule has 0 amide bonds. The van der Waals surface area contributed by atoms with E-state index in [-0.39, 0.29) is 23.8 Å². The van der Waals surface area contributed by atoms with Crippen LogP contribution in [0.4, 0.5) is 0 Å². The van der Waals surface area contributed by atoms with E-state index in [9.17, 15) is 16.8 Å². The summed E-state index contributed by atoms with van der Waals surface area (Å²) in [5, 5.41) is 0. The van der Waals surface area contributed by atoms with Crippen molar-refractivity contribution < 1.29 is 21.6 Å². The molecular formula is C19H23BrN2O5S2. The van der Waals surface area contributed by atoms with Gasteiger partial charge in [-0.1, -0.05) is 28.1 Å². The minimum atomic E-state index is -3.47. The quantitative estimate of drug-likeness (QED) is 0.532. The third-order valence-electron chi connectivity index (χ3n) is 4.49. The van der Waals surface area contributed by atoms with E-state index in [0.29, 0.717) is 24.4 Å². The first-order valence-corrected chi connectivity index (χ1v) is 13.1. The van der Waals surface area contributed by atoms with Crippen LogP contribution in [0.25, 0.3) is 0 Å². The van der Waals surface area contributed by atoms with Crippen molar-refractivity contribution in [2.24, 2.45) is 0 Å². The second-order valence-electron chi connectivity index (χ2n) is 6.71. The molecule has 1 N–H and O–H groups in total. The molecule has 0 aliphatic carbocycles. The molecule has 3 rings (SSSR count). The Morgan fingerprint density at radius 2 is 1.55 bits per heavy atom. The van der Waals surface area contributed by atoms with Crippen molar-refractivity contribution in [3.63, 3.8) is 0 Å². The van der Waals surface area contributed by atoms with Gasteiger partial charge in [-0.05, 0) is 54.8 Å². The number of nitrogens with one attached hydrogen (secondary N) is 1. The van der Waals surface area contributed by atoms with Crippen molar-refractivity contribution in [3.8, 4) is 5.75 Å².